The second-order valence-corrected chi connectivity index (χ2v) is 6.88. The smallest absolute Gasteiger partial charge is 0.286 e. The molecule has 0 spiro atoms. The van der Waals surface area contributed by atoms with Gasteiger partial charge in [0.1, 0.15) is 29.9 Å². The fourth-order valence-corrected chi connectivity index (χ4v) is 2.91. The second kappa shape index (κ2) is 9.80. The minimum Gasteiger partial charge on any atom is -0.364 e. The summed E-state index contributed by atoms with van der Waals surface area (Å²) in [5.41, 5.74) is 0.803. The summed E-state index contributed by atoms with van der Waals surface area (Å²) in [7, 11) is 0. The largest absolute Gasteiger partial charge is 0.364 e. The molecule has 0 fully saturated rings. The summed E-state index contributed by atoms with van der Waals surface area (Å²) in [6.07, 6.45) is 0. The zero-order valence-electron chi connectivity index (χ0n) is 15.0. The molecular weight excluding hydrogens is 402 g/mol. The van der Waals surface area contributed by atoms with Crippen LogP contribution in [0, 0.1) is 11.6 Å². The van der Waals surface area contributed by atoms with Gasteiger partial charge in [-0.2, -0.15) is 0 Å². The average Bonchev–Trinajstić information content (AvgIpc) is 3.18. The number of benzene rings is 2. The molecule has 3 aromatic rings. The zero-order valence-corrected chi connectivity index (χ0v) is 15.8. The molecule has 0 saturated carbocycles. The lowest BCUT2D eigenvalue weighted by atomic mass is 10.2. The van der Waals surface area contributed by atoms with Crippen molar-refractivity contribution in [2.24, 2.45) is 0 Å². The number of amides is 2. The van der Waals surface area contributed by atoms with Gasteiger partial charge in [0.15, 0.2) is 0 Å². The van der Waals surface area contributed by atoms with Crippen LogP contribution in [0.5, 0.6) is 0 Å². The normalized spacial score (nSPS) is 10.6. The summed E-state index contributed by atoms with van der Waals surface area (Å²) in [6, 6.07) is 11.5. The third-order valence-electron chi connectivity index (χ3n) is 3.66. The van der Waals surface area contributed by atoms with E-state index in [9.17, 15) is 18.4 Å². The molecule has 0 bridgehead atoms. The van der Waals surface area contributed by atoms with Crippen LogP contribution in [0.25, 0.3) is 0 Å². The summed E-state index contributed by atoms with van der Waals surface area (Å²) in [5, 5.41) is 13.3. The van der Waals surface area contributed by atoms with E-state index in [0.29, 0.717) is 16.3 Å². The molecule has 150 valence electrons. The SMILES string of the molecule is O=C(COCc1nnc(C(=O)Nc2ccc(F)cc2)s1)NCc1ccccc1F. The lowest BCUT2D eigenvalue weighted by molar-refractivity contribution is -0.126. The summed E-state index contributed by atoms with van der Waals surface area (Å²) >= 11 is 1.01. The fraction of sp³-hybridized carbons (Fsp3) is 0.158. The van der Waals surface area contributed by atoms with Crippen molar-refractivity contribution in [1.29, 1.82) is 0 Å². The van der Waals surface area contributed by atoms with Gasteiger partial charge in [0.05, 0.1) is 0 Å². The highest BCUT2D eigenvalue weighted by molar-refractivity contribution is 7.13. The quantitative estimate of drug-likeness (QED) is 0.587. The van der Waals surface area contributed by atoms with Crippen LogP contribution in [-0.2, 0) is 22.7 Å². The Morgan fingerprint density at radius 2 is 1.79 bits per heavy atom. The van der Waals surface area contributed by atoms with Crippen molar-refractivity contribution in [2.75, 3.05) is 11.9 Å². The zero-order chi connectivity index (χ0) is 20.6. The second-order valence-electron chi connectivity index (χ2n) is 5.82. The van der Waals surface area contributed by atoms with Gasteiger partial charge in [-0.25, -0.2) is 8.78 Å². The molecule has 7 nitrogen and oxygen atoms in total. The number of carbonyl (C=O) groups is 2. The minimum atomic E-state index is -0.483. The number of rotatable bonds is 8. The van der Waals surface area contributed by atoms with Gasteiger partial charge in [-0.1, -0.05) is 29.5 Å². The first-order valence-corrected chi connectivity index (χ1v) is 9.30. The van der Waals surface area contributed by atoms with E-state index in [-0.39, 0.29) is 24.8 Å². The van der Waals surface area contributed by atoms with E-state index in [1.54, 1.807) is 18.2 Å². The predicted molar refractivity (Wildman–Crippen MR) is 102 cm³/mol. The van der Waals surface area contributed by atoms with Crippen LogP contribution in [0.1, 0.15) is 20.4 Å². The molecule has 1 aromatic heterocycles. The Morgan fingerprint density at radius 1 is 1.03 bits per heavy atom. The van der Waals surface area contributed by atoms with Crippen molar-refractivity contribution in [2.45, 2.75) is 13.2 Å². The predicted octanol–water partition coefficient (Wildman–Crippen LogP) is 2.90. The number of hydrogen-bond acceptors (Lipinski definition) is 6. The lowest BCUT2D eigenvalue weighted by Gasteiger charge is -2.06. The maximum atomic E-state index is 13.5. The molecule has 0 aliphatic rings. The molecule has 10 heteroatoms. The Balaban J connectivity index is 1.41. The number of anilines is 1. The number of nitrogens with zero attached hydrogens (tertiary/aromatic N) is 2. The Bertz CT molecular complexity index is 995. The number of hydrogen-bond donors (Lipinski definition) is 2. The molecule has 0 atom stereocenters. The molecule has 0 unspecified atom stereocenters. The van der Waals surface area contributed by atoms with Crippen LogP contribution in [0.2, 0.25) is 0 Å². The van der Waals surface area contributed by atoms with Gasteiger partial charge in [0.25, 0.3) is 5.91 Å². The maximum absolute atomic E-state index is 13.5. The number of carbonyl (C=O) groups excluding carboxylic acids is 2. The van der Waals surface area contributed by atoms with Crippen LogP contribution in [0.15, 0.2) is 48.5 Å². The van der Waals surface area contributed by atoms with Crippen LogP contribution >= 0.6 is 11.3 Å². The first-order chi connectivity index (χ1) is 14.0. The van der Waals surface area contributed by atoms with E-state index in [0.717, 1.165) is 11.3 Å². The van der Waals surface area contributed by atoms with E-state index in [1.807, 2.05) is 0 Å². The van der Waals surface area contributed by atoms with Gasteiger partial charge < -0.3 is 15.4 Å². The van der Waals surface area contributed by atoms with Crippen LogP contribution in [0.4, 0.5) is 14.5 Å². The van der Waals surface area contributed by atoms with Crippen LogP contribution < -0.4 is 10.6 Å². The highest BCUT2D eigenvalue weighted by Gasteiger charge is 2.14. The summed E-state index contributed by atoms with van der Waals surface area (Å²) in [4.78, 5) is 23.9. The third kappa shape index (κ3) is 6.13. The van der Waals surface area contributed by atoms with E-state index in [1.165, 1.54) is 30.3 Å². The Hall–Kier alpha value is -3.24. The molecule has 1 heterocycles. The van der Waals surface area contributed by atoms with Gasteiger partial charge in [-0.05, 0) is 30.3 Å². The van der Waals surface area contributed by atoms with Gasteiger partial charge in [0, 0.05) is 17.8 Å². The average molecular weight is 418 g/mol. The highest BCUT2D eigenvalue weighted by atomic mass is 32.1. The lowest BCUT2D eigenvalue weighted by Crippen LogP contribution is -2.27. The molecule has 2 N–H and O–H groups in total. The topological polar surface area (TPSA) is 93.2 Å². The van der Waals surface area contributed by atoms with E-state index < -0.39 is 23.4 Å². The van der Waals surface area contributed by atoms with Crippen molar-refractivity contribution in [1.82, 2.24) is 15.5 Å². The summed E-state index contributed by atoms with van der Waals surface area (Å²) in [6.45, 7) is -0.193. The van der Waals surface area contributed by atoms with Gasteiger partial charge >= 0.3 is 0 Å². The molecular formula is C19H16F2N4O3S. The van der Waals surface area contributed by atoms with E-state index in [2.05, 4.69) is 20.8 Å². The van der Waals surface area contributed by atoms with Crippen molar-refractivity contribution in [3.05, 3.63) is 75.7 Å². The Kier molecular flexibility index (Phi) is 6.93. The molecule has 29 heavy (non-hydrogen) atoms. The molecule has 0 aliphatic heterocycles. The van der Waals surface area contributed by atoms with Crippen molar-refractivity contribution < 1.29 is 23.1 Å². The fourth-order valence-electron chi connectivity index (χ4n) is 2.24. The van der Waals surface area contributed by atoms with Crippen molar-refractivity contribution in [3.63, 3.8) is 0 Å². The van der Waals surface area contributed by atoms with Gasteiger partial charge in [-0.15, -0.1) is 10.2 Å². The first-order valence-electron chi connectivity index (χ1n) is 8.48. The Labute approximate surface area is 168 Å². The molecule has 2 aromatic carbocycles. The molecule has 2 amide bonds. The van der Waals surface area contributed by atoms with Crippen LogP contribution in [0.3, 0.4) is 0 Å². The minimum absolute atomic E-state index is 0.00534. The van der Waals surface area contributed by atoms with Crippen LogP contribution in [-0.4, -0.2) is 28.6 Å². The standard InChI is InChI=1S/C19H16F2N4O3S/c20-13-5-7-14(8-6-13)23-18(27)19-25-24-17(29-19)11-28-10-16(26)22-9-12-3-1-2-4-15(12)21/h1-8H,9-11H2,(H,22,26)(H,23,27). The number of ether oxygens (including phenoxy) is 1. The van der Waals surface area contributed by atoms with Gasteiger partial charge in [-0.3, -0.25) is 9.59 Å². The van der Waals surface area contributed by atoms with E-state index >= 15 is 0 Å². The number of aromatic nitrogens is 2. The monoisotopic (exact) mass is 418 g/mol. The highest BCUT2D eigenvalue weighted by Crippen LogP contribution is 2.14. The molecule has 0 radical (unpaired) electrons. The Morgan fingerprint density at radius 3 is 2.55 bits per heavy atom. The third-order valence-corrected chi connectivity index (χ3v) is 4.55. The summed E-state index contributed by atoms with van der Waals surface area (Å²) in [5.74, 6) is -1.69. The molecule has 0 saturated heterocycles. The number of halogens is 2. The molecule has 0 aliphatic carbocycles. The van der Waals surface area contributed by atoms with E-state index in [4.69, 9.17) is 4.74 Å². The summed E-state index contributed by atoms with van der Waals surface area (Å²) < 4.78 is 31.6. The number of nitrogens with one attached hydrogen (secondary N) is 2. The van der Waals surface area contributed by atoms with Crippen molar-refractivity contribution >= 4 is 28.8 Å². The van der Waals surface area contributed by atoms with Crippen molar-refractivity contribution in [3.8, 4) is 0 Å². The first kappa shape index (κ1) is 20.5. The molecule has 3 rings (SSSR count). The van der Waals surface area contributed by atoms with Gasteiger partial charge in [0.2, 0.25) is 10.9 Å². The maximum Gasteiger partial charge on any atom is 0.286 e.